The van der Waals surface area contributed by atoms with Crippen LogP contribution in [0.3, 0.4) is 0 Å². The number of anilines is 3. The van der Waals surface area contributed by atoms with Gasteiger partial charge in [-0.05, 0) is 47.6 Å². The molecular weight excluding hydrogens is 548 g/mol. The highest BCUT2D eigenvalue weighted by Gasteiger charge is 2.37. The Labute approximate surface area is 247 Å². The first-order valence-corrected chi connectivity index (χ1v) is 13.9. The fourth-order valence-electron chi connectivity index (χ4n) is 5.95. The van der Waals surface area contributed by atoms with Crippen LogP contribution in [-0.4, -0.2) is 42.5 Å². The minimum atomic E-state index is -0.471. The normalized spacial score (nSPS) is 15.0. The Balaban J connectivity index is 1.40. The number of carbonyl (C=O) groups is 2. The van der Waals surface area contributed by atoms with E-state index in [1.807, 2.05) is 12.1 Å². The Hall–Kier alpha value is -5.31. The zero-order valence-electron chi connectivity index (χ0n) is 24.3. The van der Waals surface area contributed by atoms with E-state index >= 15 is 0 Å². The number of aryl methyl sites for hydroxylation is 1. The second-order valence-electron chi connectivity index (χ2n) is 11.7. The van der Waals surface area contributed by atoms with Crippen molar-refractivity contribution >= 4 is 29.2 Å². The van der Waals surface area contributed by atoms with Gasteiger partial charge in [-0.25, -0.2) is 15.0 Å². The molecule has 0 bridgehead atoms. The first-order chi connectivity index (χ1) is 20.5. The number of fused-ring (bicyclic) bond motifs is 3. The van der Waals surface area contributed by atoms with E-state index in [9.17, 15) is 14.4 Å². The molecule has 4 aromatic rings. The molecule has 1 N–H and O–H groups in total. The summed E-state index contributed by atoms with van der Waals surface area (Å²) in [6.45, 7) is 6.73. The number of hydrogen-bond donors (Lipinski definition) is 1. The van der Waals surface area contributed by atoms with Crippen LogP contribution in [0.5, 0.6) is 0 Å². The SMILES string of the molecule is CC(=O)OCc1c(-c2cc(Nc3cnc(C#N)cn3)c(=O)n(C)c2)ccnc1N1CCn2c(cc3c2CC(C)(C)C3)C1=O. The number of hydrogen-bond acceptors (Lipinski definition) is 9. The number of esters is 1. The van der Waals surface area contributed by atoms with Crippen LogP contribution in [0.2, 0.25) is 0 Å². The second kappa shape index (κ2) is 10.5. The standard InChI is InChI=1S/C31H30N8O4/c1-18(40)43-17-23-22(20-9-24(29(41)37(4)16-20)36-27-15-34-21(13-32)14-35-27)5-6-33-28(23)39-8-7-38-25(30(39)42)10-19-11-31(2,3)12-26(19)38/h5-6,9-10,14-16H,7-8,11-12,17H2,1-4H3,(H,35,36). The number of amides is 1. The van der Waals surface area contributed by atoms with Crippen molar-refractivity contribution < 1.29 is 14.3 Å². The predicted molar refractivity (Wildman–Crippen MR) is 158 cm³/mol. The summed E-state index contributed by atoms with van der Waals surface area (Å²) in [6.07, 6.45) is 7.82. The van der Waals surface area contributed by atoms with Crippen LogP contribution in [0.1, 0.15) is 53.8 Å². The molecule has 0 fully saturated rings. The number of nitrogens with one attached hydrogen (secondary N) is 1. The van der Waals surface area contributed by atoms with E-state index in [0.29, 0.717) is 47.1 Å². The number of nitriles is 1. The number of nitrogens with zero attached hydrogens (tertiary/aromatic N) is 7. The maximum absolute atomic E-state index is 13.9. The zero-order valence-corrected chi connectivity index (χ0v) is 24.3. The molecule has 0 unspecified atom stereocenters. The Morgan fingerprint density at radius 3 is 2.67 bits per heavy atom. The van der Waals surface area contributed by atoms with Gasteiger partial charge in [-0.15, -0.1) is 0 Å². The van der Waals surface area contributed by atoms with E-state index < -0.39 is 5.97 Å². The Morgan fingerprint density at radius 2 is 1.95 bits per heavy atom. The summed E-state index contributed by atoms with van der Waals surface area (Å²) >= 11 is 0. The number of pyridine rings is 2. The van der Waals surface area contributed by atoms with Gasteiger partial charge in [0.2, 0.25) is 0 Å². The Morgan fingerprint density at radius 1 is 1.14 bits per heavy atom. The van der Waals surface area contributed by atoms with Crippen LogP contribution in [-0.2, 0) is 42.6 Å². The van der Waals surface area contributed by atoms with Crippen LogP contribution in [0.4, 0.5) is 17.3 Å². The van der Waals surface area contributed by atoms with Gasteiger partial charge in [0.25, 0.3) is 11.5 Å². The number of rotatable bonds is 6. The largest absolute Gasteiger partial charge is 0.461 e. The zero-order chi connectivity index (χ0) is 30.5. The van der Waals surface area contributed by atoms with E-state index in [2.05, 4.69) is 38.7 Å². The minimum absolute atomic E-state index is 0.115. The van der Waals surface area contributed by atoms with Crippen LogP contribution < -0.4 is 15.8 Å². The topological polar surface area (TPSA) is 148 Å². The molecule has 1 aliphatic carbocycles. The van der Waals surface area contributed by atoms with Gasteiger partial charge in [0, 0.05) is 56.3 Å². The highest BCUT2D eigenvalue weighted by molar-refractivity contribution is 6.06. The molecule has 0 spiro atoms. The van der Waals surface area contributed by atoms with Crippen molar-refractivity contribution in [3.05, 3.63) is 81.5 Å². The lowest BCUT2D eigenvalue weighted by Crippen LogP contribution is -2.41. The number of carbonyl (C=O) groups excluding carboxylic acids is 2. The van der Waals surface area contributed by atoms with Crippen LogP contribution in [0.25, 0.3) is 11.1 Å². The van der Waals surface area contributed by atoms with Gasteiger partial charge in [-0.3, -0.25) is 19.3 Å². The molecule has 0 atom stereocenters. The minimum Gasteiger partial charge on any atom is -0.461 e. The van der Waals surface area contributed by atoms with Gasteiger partial charge in [0.1, 0.15) is 35.7 Å². The molecular formula is C31H30N8O4. The highest BCUT2D eigenvalue weighted by atomic mass is 16.5. The molecule has 1 amide bonds. The molecule has 2 aliphatic rings. The van der Waals surface area contributed by atoms with Gasteiger partial charge in [0.05, 0.1) is 12.4 Å². The third kappa shape index (κ3) is 5.14. The summed E-state index contributed by atoms with van der Waals surface area (Å²) in [5, 5.41) is 12.0. The van der Waals surface area contributed by atoms with Gasteiger partial charge < -0.3 is 19.2 Å². The Bertz CT molecular complexity index is 1880. The predicted octanol–water partition coefficient (Wildman–Crippen LogP) is 3.50. The molecule has 0 radical (unpaired) electrons. The van der Waals surface area contributed by atoms with E-state index in [4.69, 9.17) is 10.00 Å². The Kier molecular flexibility index (Phi) is 6.80. The van der Waals surface area contributed by atoms with Crippen molar-refractivity contribution in [3.8, 4) is 17.2 Å². The second-order valence-corrected chi connectivity index (χ2v) is 11.7. The molecule has 6 rings (SSSR count). The number of aromatic nitrogens is 5. The van der Waals surface area contributed by atoms with Crippen molar-refractivity contribution in [2.45, 2.75) is 46.8 Å². The van der Waals surface area contributed by atoms with E-state index in [0.717, 1.165) is 12.8 Å². The molecule has 0 saturated heterocycles. The highest BCUT2D eigenvalue weighted by Crippen LogP contribution is 2.40. The van der Waals surface area contributed by atoms with E-state index in [1.165, 1.54) is 35.1 Å². The van der Waals surface area contributed by atoms with Crippen molar-refractivity contribution in [2.75, 3.05) is 16.8 Å². The van der Waals surface area contributed by atoms with E-state index in [-0.39, 0.29) is 34.9 Å². The molecule has 4 aromatic heterocycles. The lowest BCUT2D eigenvalue weighted by atomic mass is 9.90. The molecule has 12 nitrogen and oxygen atoms in total. The monoisotopic (exact) mass is 578 g/mol. The first-order valence-electron chi connectivity index (χ1n) is 13.9. The summed E-state index contributed by atoms with van der Waals surface area (Å²) in [7, 11) is 1.62. The average molecular weight is 579 g/mol. The van der Waals surface area contributed by atoms with E-state index in [1.54, 1.807) is 36.5 Å². The maximum atomic E-state index is 13.9. The maximum Gasteiger partial charge on any atom is 0.302 e. The molecule has 218 valence electrons. The lowest BCUT2D eigenvalue weighted by molar-refractivity contribution is -0.142. The fraction of sp³-hybridized carbons (Fsp3) is 0.323. The summed E-state index contributed by atoms with van der Waals surface area (Å²) in [5.74, 6) is 0.0641. The van der Waals surface area contributed by atoms with Crippen LogP contribution >= 0.6 is 0 Å². The fourth-order valence-corrected chi connectivity index (χ4v) is 5.95. The summed E-state index contributed by atoms with van der Waals surface area (Å²) in [5.41, 5.74) is 5.14. The molecule has 12 heteroatoms. The molecule has 5 heterocycles. The van der Waals surface area contributed by atoms with Crippen LogP contribution in [0.15, 0.2) is 47.8 Å². The molecule has 43 heavy (non-hydrogen) atoms. The van der Waals surface area contributed by atoms with Crippen molar-refractivity contribution in [1.29, 1.82) is 5.26 Å². The summed E-state index contributed by atoms with van der Waals surface area (Å²) in [6, 6.07) is 7.34. The van der Waals surface area contributed by atoms with Crippen molar-refractivity contribution in [1.82, 2.24) is 24.1 Å². The van der Waals surface area contributed by atoms with Crippen molar-refractivity contribution in [3.63, 3.8) is 0 Å². The average Bonchev–Trinajstić information content (AvgIpc) is 3.47. The number of ether oxygens (including phenoxy) is 1. The smallest absolute Gasteiger partial charge is 0.302 e. The van der Waals surface area contributed by atoms with Crippen molar-refractivity contribution in [2.24, 2.45) is 12.5 Å². The van der Waals surface area contributed by atoms with Gasteiger partial charge in [-0.2, -0.15) is 5.26 Å². The molecule has 0 saturated carbocycles. The third-order valence-corrected chi connectivity index (χ3v) is 7.86. The third-order valence-electron chi connectivity index (χ3n) is 7.86. The van der Waals surface area contributed by atoms with Crippen LogP contribution in [0, 0.1) is 16.7 Å². The lowest BCUT2D eigenvalue weighted by Gasteiger charge is -2.31. The van der Waals surface area contributed by atoms with Gasteiger partial charge in [-0.1, -0.05) is 13.8 Å². The molecule has 1 aliphatic heterocycles. The first kappa shape index (κ1) is 27.8. The van der Waals surface area contributed by atoms with Gasteiger partial charge >= 0.3 is 5.97 Å². The summed E-state index contributed by atoms with van der Waals surface area (Å²) < 4.78 is 9.01. The van der Waals surface area contributed by atoms with Gasteiger partial charge in [0.15, 0.2) is 5.69 Å². The quantitative estimate of drug-likeness (QED) is 0.339. The summed E-state index contributed by atoms with van der Waals surface area (Å²) in [4.78, 5) is 53.2. The molecule has 0 aromatic carbocycles.